The number of nitrogens with zero attached hydrogens (tertiary/aromatic N) is 6. The highest BCUT2D eigenvalue weighted by Gasteiger charge is 2.18. The van der Waals surface area contributed by atoms with E-state index >= 15 is 0 Å². The van der Waals surface area contributed by atoms with Crippen LogP contribution in [0, 0.1) is 0 Å². The standard InChI is InChI=1S/C19H19N7S/c1-13(16-11-26(24-21-16)15-5-3-2-4-6-15)25-12-17(22-23-25)19-9-14-10-20-8-7-18(14)27-19/h2-6,9,11-13,20H,7-8,10H2,1H3. The fourth-order valence-electron chi connectivity index (χ4n) is 3.27. The number of thiophene rings is 1. The Morgan fingerprint density at radius 1 is 1.11 bits per heavy atom. The Morgan fingerprint density at radius 3 is 2.85 bits per heavy atom. The maximum absolute atomic E-state index is 4.39. The summed E-state index contributed by atoms with van der Waals surface area (Å²) in [6, 6.07) is 12.2. The van der Waals surface area contributed by atoms with Crippen LogP contribution in [-0.4, -0.2) is 36.5 Å². The van der Waals surface area contributed by atoms with Crippen LogP contribution in [0.15, 0.2) is 48.8 Å². The van der Waals surface area contributed by atoms with Crippen LogP contribution in [0.1, 0.15) is 29.1 Å². The van der Waals surface area contributed by atoms with Crippen LogP contribution in [0.25, 0.3) is 16.3 Å². The average Bonchev–Trinajstić information content (AvgIpc) is 3.46. The summed E-state index contributed by atoms with van der Waals surface area (Å²) in [5.74, 6) is 0. The maximum Gasteiger partial charge on any atom is 0.123 e. The van der Waals surface area contributed by atoms with Crippen LogP contribution in [0.2, 0.25) is 0 Å². The van der Waals surface area contributed by atoms with Crippen molar-refractivity contribution in [3.8, 4) is 16.3 Å². The first-order valence-corrected chi connectivity index (χ1v) is 9.82. The molecule has 0 saturated heterocycles. The molecule has 27 heavy (non-hydrogen) atoms. The van der Waals surface area contributed by atoms with Crippen LogP contribution in [0.4, 0.5) is 0 Å². The zero-order valence-electron chi connectivity index (χ0n) is 14.9. The minimum atomic E-state index is -0.0417. The Balaban J connectivity index is 1.39. The molecule has 0 fully saturated rings. The molecule has 136 valence electrons. The molecule has 1 aliphatic heterocycles. The van der Waals surface area contributed by atoms with Crippen molar-refractivity contribution >= 4 is 11.3 Å². The third-order valence-corrected chi connectivity index (χ3v) is 6.12. The summed E-state index contributed by atoms with van der Waals surface area (Å²) in [5, 5.41) is 20.7. The maximum atomic E-state index is 4.39. The molecule has 5 rings (SSSR count). The molecule has 0 bridgehead atoms. The predicted molar refractivity (Wildman–Crippen MR) is 104 cm³/mol. The van der Waals surface area contributed by atoms with Gasteiger partial charge in [-0.05, 0) is 37.1 Å². The van der Waals surface area contributed by atoms with Gasteiger partial charge in [0, 0.05) is 18.0 Å². The topological polar surface area (TPSA) is 73.5 Å². The van der Waals surface area contributed by atoms with E-state index in [0.717, 1.165) is 36.6 Å². The van der Waals surface area contributed by atoms with Crippen molar-refractivity contribution in [3.05, 3.63) is 64.9 Å². The monoisotopic (exact) mass is 377 g/mol. The number of fused-ring (bicyclic) bond motifs is 1. The second-order valence-electron chi connectivity index (χ2n) is 6.67. The number of hydrogen-bond acceptors (Lipinski definition) is 6. The number of nitrogens with one attached hydrogen (secondary N) is 1. The first-order valence-electron chi connectivity index (χ1n) is 9.00. The summed E-state index contributed by atoms with van der Waals surface area (Å²) in [5.41, 5.74) is 4.14. The van der Waals surface area contributed by atoms with Crippen molar-refractivity contribution in [2.45, 2.75) is 25.9 Å². The van der Waals surface area contributed by atoms with Crippen LogP contribution < -0.4 is 5.32 Å². The van der Waals surface area contributed by atoms with Crippen LogP contribution in [0.5, 0.6) is 0 Å². The average molecular weight is 377 g/mol. The van der Waals surface area contributed by atoms with Crippen LogP contribution >= 0.6 is 11.3 Å². The van der Waals surface area contributed by atoms with Gasteiger partial charge in [-0.1, -0.05) is 28.6 Å². The van der Waals surface area contributed by atoms with Gasteiger partial charge in [-0.2, -0.15) is 0 Å². The number of aromatic nitrogens is 6. The Morgan fingerprint density at radius 2 is 2.00 bits per heavy atom. The Bertz CT molecular complexity index is 1040. The Hall–Kier alpha value is -2.84. The molecule has 0 radical (unpaired) electrons. The van der Waals surface area contributed by atoms with E-state index in [1.807, 2.05) is 58.7 Å². The van der Waals surface area contributed by atoms with E-state index < -0.39 is 0 Å². The smallest absolute Gasteiger partial charge is 0.123 e. The van der Waals surface area contributed by atoms with E-state index in [0.29, 0.717) is 0 Å². The van der Waals surface area contributed by atoms with E-state index in [1.54, 1.807) is 4.68 Å². The molecule has 1 atom stereocenters. The lowest BCUT2D eigenvalue weighted by molar-refractivity contribution is 0.530. The molecule has 7 nitrogen and oxygen atoms in total. The molecular weight excluding hydrogens is 358 g/mol. The summed E-state index contributed by atoms with van der Waals surface area (Å²) in [4.78, 5) is 2.63. The predicted octanol–water partition coefficient (Wildman–Crippen LogP) is 2.84. The van der Waals surface area contributed by atoms with Gasteiger partial charge in [0.1, 0.15) is 11.4 Å². The van der Waals surface area contributed by atoms with Crippen molar-refractivity contribution in [1.82, 2.24) is 35.3 Å². The number of rotatable bonds is 4. The quantitative estimate of drug-likeness (QED) is 0.592. The third kappa shape index (κ3) is 3.07. The van der Waals surface area contributed by atoms with Crippen molar-refractivity contribution in [2.24, 2.45) is 0 Å². The molecule has 1 aliphatic rings. The molecule has 4 heterocycles. The van der Waals surface area contributed by atoms with Gasteiger partial charge >= 0.3 is 0 Å². The van der Waals surface area contributed by atoms with Crippen LogP contribution in [-0.2, 0) is 13.0 Å². The van der Waals surface area contributed by atoms with Gasteiger partial charge in [0.15, 0.2) is 0 Å². The molecule has 4 aromatic rings. The van der Waals surface area contributed by atoms with Gasteiger partial charge in [-0.3, -0.25) is 0 Å². The molecule has 0 spiro atoms. The molecule has 1 aromatic carbocycles. The zero-order valence-corrected chi connectivity index (χ0v) is 15.7. The highest BCUT2D eigenvalue weighted by Crippen LogP contribution is 2.32. The second-order valence-corrected chi connectivity index (χ2v) is 7.81. The van der Waals surface area contributed by atoms with Crippen molar-refractivity contribution in [3.63, 3.8) is 0 Å². The number of hydrogen-bond donors (Lipinski definition) is 1. The van der Waals surface area contributed by atoms with E-state index in [4.69, 9.17) is 0 Å². The molecule has 3 aromatic heterocycles. The highest BCUT2D eigenvalue weighted by atomic mass is 32.1. The minimum absolute atomic E-state index is 0.0417. The normalized spacial score (nSPS) is 14.9. The SMILES string of the molecule is CC(c1cn(-c2ccccc2)nn1)n1cc(-c2cc3c(s2)CCNC3)nn1. The number of benzene rings is 1. The molecule has 1 N–H and O–H groups in total. The largest absolute Gasteiger partial charge is 0.312 e. The zero-order chi connectivity index (χ0) is 18.2. The fourth-order valence-corrected chi connectivity index (χ4v) is 4.40. The van der Waals surface area contributed by atoms with E-state index in [2.05, 4.69) is 38.9 Å². The summed E-state index contributed by atoms with van der Waals surface area (Å²) in [7, 11) is 0. The Kier molecular flexibility index (Phi) is 4.06. The van der Waals surface area contributed by atoms with Crippen LogP contribution in [0.3, 0.4) is 0 Å². The van der Waals surface area contributed by atoms with Crippen molar-refractivity contribution in [2.75, 3.05) is 6.54 Å². The molecule has 0 aliphatic carbocycles. The van der Waals surface area contributed by atoms with Gasteiger partial charge in [0.2, 0.25) is 0 Å². The first kappa shape index (κ1) is 16.3. The lowest BCUT2D eigenvalue weighted by atomic mass is 10.1. The second kappa shape index (κ2) is 6.71. The summed E-state index contributed by atoms with van der Waals surface area (Å²) in [6.07, 6.45) is 5.03. The molecular formula is C19H19N7S. The van der Waals surface area contributed by atoms with Gasteiger partial charge in [-0.15, -0.1) is 21.5 Å². The van der Waals surface area contributed by atoms with E-state index in [-0.39, 0.29) is 6.04 Å². The summed E-state index contributed by atoms with van der Waals surface area (Å²) in [6.45, 7) is 4.05. The molecule has 8 heteroatoms. The highest BCUT2D eigenvalue weighted by molar-refractivity contribution is 7.15. The van der Waals surface area contributed by atoms with E-state index in [1.165, 1.54) is 15.3 Å². The van der Waals surface area contributed by atoms with Crippen molar-refractivity contribution in [1.29, 1.82) is 0 Å². The summed E-state index contributed by atoms with van der Waals surface area (Å²) < 4.78 is 3.63. The van der Waals surface area contributed by atoms with Gasteiger partial charge in [0.05, 0.1) is 29.0 Å². The molecule has 1 unspecified atom stereocenters. The fraction of sp³-hybridized carbons (Fsp3) is 0.263. The first-order chi connectivity index (χ1) is 13.3. The van der Waals surface area contributed by atoms with Crippen molar-refractivity contribution < 1.29 is 0 Å². The van der Waals surface area contributed by atoms with Gasteiger partial charge in [-0.25, -0.2) is 9.36 Å². The minimum Gasteiger partial charge on any atom is -0.312 e. The van der Waals surface area contributed by atoms with Gasteiger partial charge in [0.25, 0.3) is 0 Å². The lowest BCUT2D eigenvalue weighted by Gasteiger charge is -2.10. The van der Waals surface area contributed by atoms with Gasteiger partial charge < -0.3 is 5.32 Å². The number of para-hydroxylation sites is 1. The van der Waals surface area contributed by atoms with E-state index in [9.17, 15) is 0 Å². The third-order valence-electron chi connectivity index (χ3n) is 4.86. The molecule has 0 amide bonds. The lowest BCUT2D eigenvalue weighted by Crippen LogP contribution is -2.21. The molecule has 0 saturated carbocycles. The Labute approximate surface area is 160 Å². The summed E-state index contributed by atoms with van der Waals surface area (Å²) >= 11 is 1.82.